The molecule has 0 bridgehead atoms. The van der Waals surface area contributed by atoms with Crippen molar-refractivity contribution in [2.24, 2.45) is 0 Å². The molecule has 0 aliphatic heterocycles. The predicted octanol–water partition coefficient (Wildman–Crippen LogP) is 3.33. The molecule has 30 heavy (non-hydrogen) atoms. The number of benzene rings is 2. The quantitative estimate of drug-likeness (QED) is 0.280. The van der Waals surface area contributed by atoms with Crippen molar-refractivity contribution < 1.29 is 33.3 Å². The Morgan fingerprint density at radius 2 is 1.37 bits per heavy atom. The van der Waals surface area contributed by atoms with Gasteiger partial charge in [-0.3, -0.25) is 14.1 Å². The molecule has 2 aromatic carbocycles. The van der Waals surface area contributed by atoms with E-state index in [4.69, 9.17) is 0 Å². The lowest BCUT2D eigenvalue weighted by Crippen LogP contribution is -2.53. The maximum Gasteiger partial charge on any atom is 0.409 e. The van der Waals surface area contributed by atoms with Gasteiger partial charge in [0.1, 0.15) is 0 Å². The molecular weight excluding hydrogens is 426 g/mol. The lowest BCUT2D eigenvalue weighted by atomic mass is 9.98. The van der Waals surface area contributed by atoms with Crippen LogP contribution in [0.2, 0.25) is 0 Å². The van der Waals surface area contributed by atoms with Crippen LogP contribution < -0.4 is 4.57 Å². The van der Waals surface area contributed by atoms with E-state index in [2.05, 4.69) is 4.98 Å². The fourth-order valence-corrected chi connectivity index (χ4v) is 5.88. The number of pyridine rings is 2. The van der Waals surface area contributed by atoms with Crippen molar-refractivity contribution in [1.82, 2.24) is 4.98 Å². The molecule has 0 aliphatic rings. The minimum atomic E-state index is -5.27. The molecule has 0 radical (unpaired) electrons. The number of hydrogen-bond acceptors (Lipinski definition) is 3. The molecule has 2 heterocycles. The summed E-state index contributed by atoms with van der Waals surface area (Å²) >= 11 is 0. The zero-order valence-electron chi connectivity index (χ0n) is 15.8. The van der Waals surface area contributed by atoms with E-state index in [9.17, 15) is 28.7 Å². The van der Waals surface area contributed by atoms with Gasteiger partial charge in [-0.1, -0.05) is 30.3 Å². The van der Waals surface area contributed by atoms with Crippen molar-refractivity contribution in [3.05, 3.63) is 73.1 Å². The van der Waals surface area contributed by atoms with E-state index in [-0.39, 0.29) is 5.52 Å². The standard InChI is InChI=1S/C20H18N2O6P2/c1-20(29(23,24)25,30(26,27)28)22-13-11-15(17-7-3-5-9-19(17)22)14-10-12-21-18-8-4-2-6-16(14)18/h2-13H,1H3,(H3-,23,24,25,26,27,28)/p+1. The zero-order valence-corrected chi connectivity index (χ0v) is 17.6. The summed E-state index contributed by atoms with van der Waals surface area (Å²) in [4.78, 5) is 44.0. The Hall–Kier alpha value is -2.44. The minimum absolute atomic E-state index is 0.282. The summed E-state index contributed by atoms with van der Waals surface area (Å²) in [6, 6.07) is 17.7. The second kappa shape index (κ2) is 7.06. The van der Waals surface area contributed by atoms with E-state index in [1.54, 1.807) is 36.5 Å². The van der Waals surface area contributed by atoms with Crippen LogP contribution in [0.5, 0.6) is 0 Å². The van der Waals surface area contributed by atoms with Crippen LogP contribution in [-0.4, -0.2) is 24.6 Å². The molecule has 10 heteroatoms. The van der Waals surface area contributed by atoms with Gasteiger partial charge in [-0.2, -0.15) is 4.57 Å². The Morgan fingerprint density at radius 3 is 2.03 bits per heavy atom. The van der Waals surface area contributed by atoms with Crippen LogP contribution in [0.4, 0.5) is 0 Å². The first-order chi connectivity index (χ1) is 14.1. The largest absolute Gasteiger partial charge is 0.409 e. The van der Waals surface area contributed by atoms with E-state index in [1.807, 2.05) is 30.3 Å². The molecule has 0 saturated carbocycles. The molecular formula is C20H19N2O6P2+. The predicted molar refractivity (Wildman–Crippen MR) is 113 cm³/mol. The summed E-state index contributed by atoms with van der Waals surface area (Å²) in [6.07, 6.45) is 2.98. The van der Waals surface area contributed by atoms with Crippen LogP contribution in [0.25, 0.3) is 32.9 Å². The number of fused-ring (bicyclic) bond motifs is 2. The monoisotopic (exact) mass is 445 g/mol. The number of aromatic nitrogens is 2. The molecule has 154 valence electrons. The molecule has 4 N–H and O–H groups in total. The van der Waals surface area contributed by atoms with Crippen molar-refractivity contribution in [2.45, 2.75) is 11.9 Å². The SMILES string of the molecule is CC([n+]1ccc(-c2ccnc3ccccc23)c2ccccc21)(P(=O)(O)O)P(=O)(O)O. The summed E-state index contributed by atoms with van der Waals surface area (Å²) in [5.41, 5.74) is 2.66. The molecule has 8 nitrogen and oxygen atoms in total. The summed E-state index contributed by atoms with van der Waals surface area (Å²) < 4.78 is 25.5. The fourth-order valence-electron chi connectivity index (χ4n) is 3.62. The van der Waals surface area contributed by atoms with Crippen LogP contribution in [0, 0.1) is 0 Å². The molecule has 0 unspecified atom stereocenters. The smallest absolute Gasteiger partial charge is 0.319 e. The topological polar surface area (TPSA) is 132 Å². The van der Waals surface area contributed by atoms with Gasteiger partial charge in [0.05, 0.1) is 10.9 Å². The molecule has 2 aromatic heterocycles. The van der Waals surface area contributed by atoms with E-state index >= 15 is 0 Å². The normalized spacial score (nSPS) is 13.1. The highest BCUT2D eigenvalue weighted by Crippen LogP contribution is 2.69. The van der Waals surface area contributed by atoms with Crippen molar-refractivity contribution in [2.75, 3.05) is 0 Å². The van der Waals surface area contributed by atoms with Gasteiger partial charge < -0.3 is 19.6 Å². The van der Waals surface area contributed by atoms with E-state index in [1.165, 1.54) is 6.20 Å². The van der Waals surface area contributed by atoms with Gasteiger partial charge in [0.15, 0.2) is 6.20 Å². The van der Waals surface area contributed by atoms with Gasteiger partial charge in [-0.15, -0.1) is 0 Å². The number of nitrogens with zero attached hydrogens (tertiary/aromatic N) is 2. The fraction of sp³-hybridized carbons (Fsp3) is 0.100. The third kappa shape index (κ3) is 3.10. The van der Waals surface area contributed by atoms with Gasteiger partial charge in [-0.05, 0) is 23.8 Å². The van der Waals surface area contributed by atoms with Gasteiger partial charge in [0.2, 0.25) is 5.52 Å². The highest BCUT2D eigenvalue weighted by atomic mass is 31.2. The average molecular weight is 445 g/mol. The van der Waals surface area contributed by atoms with Gasteiger partial charge >= 0.3 is 20.2 Å². The first-order valence-corrected chi connectivity index (χ1v) is 12.2. The van der Waals surface area contributed by atoms with Gasteiger partial charge in [0, 0.05) is 36.2 Å². The number of para-hydroxylation sites is 2. The Kier molecular flexibility index (Phi) is 4.90. The average Bonchev–Trinajstić information content (AvgIpc) is 2.70. The van der Waals surface area contributed by atoms with Gasteiger partial charge in [0.25, 0.3) is 0 Å². The van der Waals surface area contributed by atoms with Crippen LogP contribution in [0.1, 0.15) is 6.92 Å². The molecule has 0 saturated heterocycles. The molecule has 4 rings (SSSR count). The van der Waals surface area contributed by atoms with E-state index in [0.29, 0.717) is 5.39 Å². The van der Waals surface area contributed by atoms with Crippen LogP contribution in [-0.2, 0) is 14.2 Å². The van der Waals surface area contributed by atoms with E-state index < -0.39 is 20.2 Å². The molecule has 4 aromatic rings. The lowest BCUT2D eigenvalue weighted by molar-refractivity contribution is -0.695. The molecule has 0 amide bonds. The Labute approximate surface area is 171 Å². The van der Waals surface area contributed by atoms with Crippen LogP contribution >= 0.6 is 15.2 Å². The highest BCUT2D eigenvalue weighted by molar-refractivity contribution is 7.70. The summed E-state index contributed by atoms with van der Waals surface area (Å²) in [5, 5.41) is -1.28. The number of rotatable bonds is 4. The first kappa shape index (κ1) is 20.8. The second-order valence-electron chi connectivity index (χ2n) is 7.05. The van der Waals surface area contributed by atoms with Crippen LogP contribution in [0.15, 0.2) is 73.1 Å². The summed E-state index contributed by atoms with van der Waals surface area (Å²) in [7, 11) is -10.5. The second-order valence-corrected chi connectivity index (χ2v) is 11.3. The van der Waals surface area contributed by atoms with Crippen molar-refractivity contribution in [1.29, 1.82) is 0 Å². The van der Waals surface area contributed by atoms with Gasteiger partial charge in [-0.25, -0.2) is 0 Å². The maximum absolute atomic E-state index is 12.2. The van der Waals surface area contributed by atoms with E-state index in [0.717, 1.165) is 33.5 Å². The third-order valence-electron chi connectivity index (χ3n) is 5.34. The Morgan fingerprint density at radius 1 is 0.800 bits per heavy atom. The third-order valence-corrected chi connectivity index (χ3v) is 9.54. The highest BCUT2D eigenvalue weighted by Gasteiger charge is 2.66. The van der Waals surface area contributed by atoms with Crippen molar-refractivity contribution >= 4 is 37.0 Å². The summed E-state index contributed by atoms with van der Waals surface area (Å²) in [5.74, 6) is 0. The summed E-state index contributed by atoms with van der Waals surface area (Å²) in [6.45, 7) is 0.877. The Bertz CT molecular complexity index is 1350. The molecule has 0 aliphatic carbocycles. The van der Waals surface area contributed by atoms with Crippen LogP contribution in [0.3, 0.4) is 0 Å². The maximum atomic E-state index is 12.2. The molecule has 0 fully saturated rings. The van der Waals surface area contributed by atoms with Crippen molar-refractivity contribution in [3.63, 3.8) is 0 Å². The Balaban J connectivity index is 2.10. The first-order valence-electron chi connectivity index (χ1n) is 8.95. The minimum Gasteiger partial charge on any atom is -0.319 e. The molecule has 0 atom stereocenters. The number of hydrogen-bond donors (Lipinski definition) is 4. The zero-order chi connectivity index (χ0) is 21.7. The lowest BCUT2D eigenvalue weighted by Gasteiger charge is -2.26. The van der Waals surface area contributed by atoms with Crippen molar-refractivity contribution in [3.8, 4) is 11.1 Å². The molecule has 0 spiro atoms.